The number of rotatable bonds is 6. The topological polar surface area (TPSA) is 90.7 Å². The van der Waals surface area contributed by atoms with Gasteiger partial charge in [0, 0.05) is 18.4 Å². The third-order valence-corrected chi connectivity index (χ3v) is 3.14. The van der Waals surface area contributed by atoms with Gasteiger partial charge >= 0.3 is 0 Å². The zero-order valence-electron chi connectivity index (χ0n) is 13.2. The molecule has 0 bridgehead atoms. The first-order valence-electron chi connectivity index (χ1n) is 7.47. The van der Waals surface area contributed by atoms with Crippen LogP contribution in [0.5, 0.6) is 0 Å². The Kier molecular flexibility index (Phi) is 5.64. The summed E-state index contributed by atoms with van der Waals surface area (Å²) in [4.78, 5) is 20.6. The molecule has 1 aromatic carbocycles. The number of carbonyl (C=O) groups is 1. The van der Waals surface area contributed by atoms with Gasteiger partial charge in [0.2, 0.25) is 5.95 Å². The number of nitrogens with one attached hydrogen (secondary N) is 2. The maximum atomic E-state index is 12.2. The summed E-state index contributed by atoms with van der Waals surface area (Å²) in [5.74, 6) is 0.680. The van der Waals surface area contributed by atoms with E-state index in [2.05, 4.69) is 34.4 Å². The van der Waals surface area contributed by atoms with Crippen molar-refractivity contribution >= 4 is 17.5 Å². The van der Waals surface area contributed by atoms with Crippen LogP contribution in [0, 0.1) is 17.2 Å². The van der Waals surface area contributed by atoms with Crippen molar-refractivity contribution in [3.8, 4) is 6.07 Å². The smallest absolute Gasteiger partial charge is 0.274 e. The highest BCUT2D eigenvalue weighted by atomic mass is 16.1. The largest absolute Gasteiger partial charge is 0.354 e. The van der Waals surface area contributed by atoms with Gasteiger partial charge in [-0.1, -0.05) is 19.9 Å². The van der Waals surface area contributed by atoms with E-state index in [1.54, 1.807) is 36.5 Å². The normalized spacial score (nSPS) is 10.2. The second kappa shape index (κ2) is 7.90. The second-order valence-corrected chi connectivity index (χ2v) is 5.52. The molecule has 1 aromatic heterocycles. The van der Waals surface area contributed by atoms with Crippen LogP contribution in [0.25, 0.3) is 0 Å². The van der Waals surface area contributed by atoms with Gasteiger partial charge in [0.05, 0.1) is 11.6 Å². The summed E-state index contributed by atoms with van der Waals surface area (Å²) in [5.41, 5.74) is 1.32. The molecule has 23 heavy (non-hydrogen) atoms. The number of hydrogen-bond acceptors (Lipinski definition) is 5. The van der Waals surface area contributed by atoms with E-state index < -0.39 is 0 Å². The Balaban J connectivity index is 2.03. The number of hydrogen-bond donors (Lipinski definition) is 2. The summed E-state index contributed by atoms with van der Waals surface area (Å²) in [7, 11) is 0. The van der Waals surface area contributed by atoms with E-state index >= 15 is 0 Å². The summed E-state index contributed by atoms with van der Waals surface area (Å²) in [6, 6.07) is 10.3. The fourth-order valence-electron chi connectivity index (χ4n) is 1.90. The molecule has 0 saturated heterocycles. The number of benzene rings is 1. The van der Waals surface area contributed by atoms with E-state index in [-0.39, 0.29) is 11.6 Å². The number of anilines is 2. The number of amides is 1. The first-order valence-corrected chi connectivity index (χ1v) is 7.47. The first kappa shape index (κ1) is 16.4. The van der Waals surface area contributed by atoms with Gasteiger partial charge in [-0.3, -0.25) is 4.79 Å². The van der Waals surface area contributed by atoms with Gasteiger partial charge in [-0.25, -0.2) is 9.97 Å². The number of carbonyl (C=O) groups excluding carboxylic acids is 1. The summed E-state index contributed by atoms with van der Waals surface area (Å²) < 4.78 is 0. The molecule has 118 valence electrons. The van der Waals surface area contributed by atoms with E-state index in [0.29, 0.717) is 23.1 Å². The summed E-state index contributed by atoms with van der Waals surface area (Å²) in [6.45, 7) is 5.04. The Morgan fingerprint density at radius 3 is 2.91 bits per heavy atom. The molecule has 0 fully saturated rings. The molecular weight excluding hydrogens is 290 g/mol. The molecule has 1 heterocycles. The predicted molar refractivity (Wildman–Crippen MR) is 89.1 cm³/mol. The molecule has 0 spiro atoms. The Morgan fingerprint density at radius 2 is 2.17 bits per heavy atom. The third kappa shape index (κ3) is 5.08. The van der Waals surface area contributed by atoms with Crippen molar-refractivity contribution < 1.29 is 4.79 Å². The van der Waals surface area contributed by atoms with E-state index in [1.165, 1.54) is 0 Å². The molecule has 2 aromatic rings. The summed E-state index contributed by atoms with van der Waals surface area (Å²) in [6.07, 6.45) is 2.55. The molecule has 0 atom stereocenters. The van der Waals surface area contributed by atoms with E-state index in [4.69, 9.17) is 5.26 Å². The van der Waals surface area contributed by atoms with Crippen LogP contribution in [-0.2, 0) is 0 Å². The molecule has 2 N–H and O–H groups in total. The third-order valence-electron chi connectivity index (χ3n) is 3.14. The lowest BCUT2D eigenvalue weighted by Crippen LogP contribution is -2.16. The second-order valence-electron chi connectivity index (χ2n) is 5.52. The number of nitrogens with zero attached hydrogens (tertiary/aromatic N) is 3. The van der Waals surface area contributed by atoms with Crippen molar-refractivity contribution in [3.63, 3.8) is 0 Å². The maximum Gasteiger partial charge on any atom is 0.274 e. The fraction of sp³-hybridized carbons (Fsp3) is 0.294. The van der Waals surface area contributed by atoms with Crippen LogP contribution in [0.15, 0.2) is 36.5 Å². The maximum absolute atomic E-state index is 12.2. The Labute approximate surface area is 135 Å². The number of aromatic nitrogens is 2. The summed E-state index contributed by atoms with van der Waals surface area (Å²) >= 11 is 0. The van der Waals surface area contributed by atoms with Crippen molar-refractivity contribution in [3.05, 3.63) is 47.8 Å². The lowest BCUT2D eigenvalue weighted by molar-refractivity contribution is 0.102. The first-order chi connectivity index (χ1) is 11.1. The number of nitriles is 1. The standard InChI is InChI=1S/C17H19N5O/c1-12(2)6-8-19-17-20-9-7-15(22-17)16(23)21-14-5-3-4-13(10-14)11-18/h3-5,7,9-10,12H,6,8H2,1-2H3,(H,21,23)(H,19,20,22). The molecule has 0 aliphatic carbocycles. The summed E-state index contributed by atoms with van der Waals surface area (Å²) in [5, 5.41) is 14.7. The van der Waals surface area contributed by atoms with Gasteiger partial charge in [-0.15, -0.1) is 0 Å². The van der Waals surface area contributed by atoms with Gasteiger partial charge in [-0.05, 0) is 36.6 Å². The van der Waals surface area contributed by atoms with Crippen LogP contribution < -0.4 is 10.6 Å². The van der Waals surface area contributed by atoms with Gasteiger partial charge in [0.1, 0.15) is 5.69 Å². The quantitative estimate of drug-likeness (QED) is 0.855. The van der Waals surface area contributed by atoms with E-state index in [1.807, 2.05) is 6.07 Å². The van der Waals surface area contributed by atoms with Crippen molar-refractivity contribution in [1.82, 2.24) is 9.97 Å². The van der Waals surface area contributed by atoms with E-state index in [0.717, 1.165) is 13.0 Å². The van der Waals surface area contributed by atoms with Crippen LogP contribution in [0.4, 0.5) is 11.6 Å². The molecule has 6 heteroatoms. The van der Waals surface area contributed by atoms with Gasteiger partial charge in [0.15, 0.2) is 0 Å². The molecule has 6 nitrogen and oxygen atoms in total. The minimum atomic E-state index is -0.339. The van der Waals surface area contributed by atoms with Crippen LogP contribution in [0.1, 0.15) is 36.3 Å². The average molecular weight is 309 g/mol. The Bertz CT molecular complexity index is 721. The molecule has 0 saturated carbocycles. The van der Waals surface area contributed by atoms with Crippen LogP contribution in [0.2, 0.25) is 0 Å². The van der Waals surface area contributed by atoms with Crippen molar-refractivity contribution in [2.24, 2.45) is 5.92 Å². The van der Waals surface area contributed by atoms with Crippen molar-refractivity contribution in [2.45, 2.75) is 20.3 Å². The van der Waals surface area contributed by atoms with Gasteiger partial charge in [-0.2, -0.15) is 5.26 Å². The SMILES string of the molecule is CC(C)CCNc1nccc(C(=O)Nc2cccc(C#N)c2)n1. The van der Waals surface area contributed by atoms with Gasteiger partial charge in [0.25, 0.3) is 5.91 Å². The van der Waals surface area contributed by atoms with E-state index in [9.17, 15) is 4.79 Å². The molecule has 0 aliphatic rings. The zero-order valence-corrected chi connectivity index (χ0v) is 13.2. The molecular formula is C17H19N5O. The lowest BCUT2D eigenvalue weighted by atomic mass is 10.1. The lowest BCUT2D eigenvalue weighted by Gasteiger charge is -2.08. The molecule has 1 amide bonds. The highest BCUT2D eigenvalue weighted by Gasteiger charge is 2.09. The van der Waals surface area contributed by atoms with Crippen molar-refractivity contribution in [1.29, 1.82) is 5.26 Å². The fourth-order valence-corrected chi connectivity index (χ4v) is 1.90. The van der Waals surface area contributed by atoms with Crippen LogP contribution in [-0.4, -0.2) is 22.4 Å². The Hall–Kier alpha value is -2.94. The minimum Gasteiger partial charge on any atom is -0.354 e. The molecule has 0 aliphatic heterocycles. The minimum absolute atomic E-state index is 0.273. The van der Waals surface area contributed by atoms with Crippen LogP contribution >= 0.6 is 0 Å². The van der Waals surface area contributed by atoms with Crippen LogP contribution in [0.3, 0.4) is 0 Å². The highest BCUT2D eigenvalue weighted by Crippen LogP contribution is 2.11. The molecule has 0 unspecified atom stereocenters. The Morgan fingerprint density at radius 1 is 1.35 bits per heavy atom. The average Bonchev–Trinajstić information content (AvgIpc) is 2.55. The van der Waals surface area contributed by atoms with Gasteiger partial charge < -0.3 is 10.6 Å². The predicted octanol–water partition coefficient (Wildman–Crippen LogP) is 3.06. The highest BCUT2D eigenvalue weighted by molar-refractivity contribution is 6.03. The molecule has 0 radical (unpaired) electrons. The monoisotopic (exact) mass is 309 g/mol. The van der Waals surface area contributed by atoms with Crippen molar-refractivity contribution in [2.75, 3.05) is 17.2 Å². The molecule has 2 rings (SSSR count). The zero-order chi connectivity index (χ0) is 16.7.